The Bertz CT molecular complexity index is 1030. The van der Waals surface area contributed by atoms with Crippen molar-refractivity contribution >= 4 is 11.6 Å². The molecule has 1 N–H and O–H groups in total. The lowest BCUT2D eigenvalue weighted by molar-refractivity contribution is -0.384. The van der Waals surface area contributed by atoms with Gasteiger partial charge >= 0.3 is 0 Å². The van der Waals surface area contributed by atoms with Crippen molar-refractivity contribution in [1.29, 1.82) is 0 Å². The van der Waals surface area contributed by atoms with E-state index in [0.29, 0.717) is 22.5 Å². The molecule has 3 rings (SSSR count). The number of aromatic nitrogens is 3. The van der Waals surface area contributed by atoms with Gasteiger partial charge in [0, 0.05) is 18.7 Å². The van der Waals surface area contributed by atoms with E-state index in [9.17, 15) is 19.3 Å². The lowest BCUT2D eigenvalue weighted by Gasteiger charge is -2.06. The van der Waals surface area contributed by atoms with E-state index in [2.05, 4.69) is 15.6 Å². The fraction of sp³-hybridized carbons (Fsp3) is 0.167. The number of nitro benzene ring substituents is 1. The van der Waals surface area contributed by atoms with Crippen LogP contribution in [0.5, 0.6) is 0 Å². The highest BCUT2D eigenvalue weighted by molar-refractivity contribution is 5.93. The Kier molecular flexibility index (Phi) is 4.93. The second-order valence-electron chi connectivity index (χ2n) is 5.98. The quantitative estimate of drug-likeness (QED) is 0.550. The SMILES string of the molecule is Cc1ccc(CNC(=O)c2nnn(-c3cccc([N+](=O)[O-])c3)c2C)cc1F. The summed E-state index contributed by atoms with van der Waals surface area (Å²) in [5.74, 6) is -0.806. The summed E-state index contributed by atoms with van der Waals surface area (Å²) in [4.78, 5) is 22.8. The Labute approximate surface area is 153 Å². The number of non-ortho nitro benzene ring substituents is 1. The third kappa shape index (κ3) is 3.81. The average Bonchev–Trinajstić information content (AvgIpc) is 3.04. The number of nitrogens with one attached hydrogen (secondary N) is 1. The lowest BCUT2D eigenvalue weighted by atomic mass is 10.1. The number of halogens is 1. The molecule has 0 aliphatic carbocycles. The van der Waals surface area contributed by atoms with Gasteiger partial charge in [0.25, 0.3) is 11.6 Å². The average molecular weight is 369 g/mol. The maximum Gasteiger partial charge on any atom is 0.274 e. The summed E-state index contributed by atoms with van der Waals surface area (Å²) in [7, 11) is 0. The largest absolute Gasteiger partial charge is 0.347 e. The van der Waals surface area contributed by atoms with Crippen LogP contribution in [0.25, 0.3) is 5.69 Å². The van der Waals surface area contributed by atoms with Crippen molar-refractivity contribution in [2.75, 3.05) is 0 Å². The fourth-order valence-electron chi connectivity index (χ4n) is 2.53. The molecule has 0 radical (unpaired) electrons. The zero-order chi connectivity index (χ0) is 19.6. The summed E-state index contributed by atoms with van der Waals surface area (Å²) >= 11 is 0. The molecule has 0 fully saturated rings. The molecule has 9 heteroatoms. The summed E-state index contributed by atoms with van der Waals surface area (Å²) < 4.78 is 14.9. The van der Waals surface area contributed by atoms with Gasteiger partial charge in [0.1, 0.15) is 5.82 Å². The van der Waals surface area contributed by atoms with Crippen molar-refractivity contribution in [1.82, 2.24) is 20.3 Å². The second-order valence-corrected chi connectivity index (χ2v) is 5.98. The molecule has 0 saturated carbocycles. The van der Waals surface area contributed by atoms with E-state index in [1.54, 1.807) is 32.0 Å². The molecule has 0 atom stereocenters. The Hall–Kier alpha value is -3.62. The van der Waals surface area contributed by atoms with Crippen LogP contribution in [0.3, 0.4) is 0 Å². The molecule has 2 aromatic carbocycles. The third-order valence-electron chi connectivity index (χ3n) is 4.08. The number of aryl methyl sites for hydroxylation is 1. The number of rotatable bonds is 5. The monoisotopic (exact) mass is 369 g/mol. The minimum Gasteiger partial charge on any atom is -0.347 e. The predicted molar refractivity (Wildman–Crippen MR) is 95.1 cm³/mol. The van der Waals surface area contributed by atoms with Crippen LogP contribution in [-0.2, 0) is 6.54 Å². The highest BCUT2D eigenvalue weighted by atomic mass is 19.1. The van der Waals surface area contributed by atoms with E-state index in [-0.39, 0.29) is 23.7 Å². The summed E-state index contributed by atoms with van der Waals surface area (Å²) in [6.45, 7) is 3.44. The molecule has 8 nitrogen and oxygen atoms in total. The molecule has 3 aromatic rings. The van der Waals surface area contributed by atoms with Gasteiger partial charge in [-0.05, 0) is 37.1 Å². The molecule has 0 aliphatic heterocycles. The summed E-state index contributed by atoms with van der Waals surface area (Å²) in [5.41, 5.74) is 2.01. The van der Waals surface area contributed by atoms with E-state index in [0.717, 1.165) is 0 Å². The van der Waals surface area contributed by atoms with Crippen molar-refractivity contribution in [2.45, 2.75) is 20.4 Å². The number of benzene rings is 2. The van der Waals surface area contributed by atoms with Crippen LogP contribution >= 0.6 is 0 Å². The summed E-state index contributed by atoms with van der Waals surface area (Å²) in [6, 6.07) is 10.6. The lowest BCUT2D eigenvalue weighted by Crippen LogP contribution is -2.24. The topological polar surface area (TPSA) is 103 Å². The first-order valence-electron chi connectivity index (χ1n) is 8.07. The van der Waals surface area contributed by atoms with Gasteiger partial charge in [-0.3, -0.25) is 14.9 Å². The van der Waals surface area contributed by atoms with Gasteiger partial charge in [0.05, 0.1) is 16.3 Å². The van der Waals surface area contributed by atoms with Crippen LogP contribution in [0.4, 0.5) is 10.1 Å². The normalized spacial score (nSPS) is 10.6. The van der Waals surface area contributed by atoms with E-state index in [4.69, 9.17) is 0 Å². The van der Waals surface area contributed by atoms with Gasteiger partial charge in [-0.25, -0.2) is 9.07 Å². The van der Waals surface area contributed by atoms with Crippen LogP contribution in [0.2, 0.25) is 0 Å². The first-order chi connectivity index (χ1) is 12.9. The number of amides is 1. The molecular weight excluding hydrogens is 353 g/mol. The predicted octanol–water partition coefficient (Wildman–Crippen LogP) is 2.86. The molecule has 0 unspecified atom stereocenters. The van der Waals surface area contributed by atoms with Crippen LogP contribution in [0.15, 0.2) is 42.5 Å². The number of hydrogen-bond donors (Lipinski definition) is 1. The maximum absolute atomic E-state index is 13.6. The van der Waals surface area contributed by atoms with Crippen molar-refractivity contribution in [3.8, 4) is 5.69 Å². The number of carbonyl (C=O) groups excluding carboxylic acids is 1. The van der Waals surface area contributed by atoms with E-state index in [1.807, 2.05) is 0 Å². The number of nitrogens with zero attached hydrogens (tertiary/aromatic N) is 4. The second kappa shape index (κ2) is 7.32. The van der Waals surface area contributed by atoms with E-state index in [1.165, 1.54) is 28.9 Å². The van der Waals surface area contributed by atoms with Crippen molar-refractivity contribution in [3.05, 3.63) is 80.9 Å². The molecule has 1 amide bonds. The minimum absolute atomic E-state index is 0.0881. The first-order valence-corrected chi connectivity index (χ1v) is 8.07. The number of nitro groups is 1. The summed E-state index contributed by atoms with van der Waals surface area (Å²) in [6.07, 6.45) is 0. The van der Waals surface area contributed by atoms with Gasteiger partial charge in [-0.1, -0.05) is 23.4 Å². The molecule has 27 heavy (non-hydrogen) atoms. The Morgan fingerprint density at radius 3 is 2.74 bits per heavy atom. The van der Waals surface area contributed by atoms with E-state index >= 15 is 0 Å². The Balaban J connectivity index is 1.78. The van der Waals surface area contributed by atoms with Gasteiger partial charge in [-0.15, -0.1) is 5.10 Å². The third-order valence-corrected chi connectivity index (χ3v) is 4.08. The molecule has 0 saturated heterocycles. The molecule has 1 heterocycles. The van der Waals surface area contributed by atoms with Gasteiger partial charge in [-0.2, -0.15) is 0 Å². The van der Waals surface area contributed by atoms with Gasteiger partial charge in [0.15, 0.2) is 5.69 Å². The van der Waals surface area contributed by atoms with E-state index < -0.39 is 10.8 Å². The van der Waals surface area contributed by atoms with Crippen molar-refractivity contribution in [2.24, 2.45) is 0 Å². The van der Waals surface area contributed by atoms with Crippen LogP contribution in [-0.4, -0.2) is 25.8 Å². The van der Waals surface area contributed by atoms with Crippen LogP contribution in [0, 0.1) is 29.8 Å². The van der Waals surface area contributed by atoms with Crippen LogP contribution in [0.1, 0.15) is 27.3 Å². The molecule has 0 bridgehead atoms. The molecular formula is C18H16FN5O3. The highest BCUT2D eigenvalue weighted by Crippen LogP contribution is 2.18. The van der Waals surface area contributed by atoms with Crippen molar-refractivity contribution < 1.29 is 14.1 Å². The fourth-order valence-corrected chi connectivity index (χ4v) is 2.53. The maximum atomic E-state index is 13.6. The molecule has 0 spiro atoms. The standard InChI is InChI=1S/C18H16FN5O3/c1-11-6-7-13(8-16(11)19)10-20-18(25)17-12(2)23(22-21-17)14-4-3-5-15(9-14)24(26)27/h3-9H,10H2,1-2H3,(H,20,25). The summed E-state index contributed by atoms with van der Waals surface area (Å²) in [5, 5.41) is 21.4. The number of hydrogen-bond acceptors (Lipinski definition) is 5. The Morgan fingerprint density at radius 2 is 2.04 bits per heavy atom. The molecule has 138 valence electrons. The highest BCUT2D eigenvalue weighted by Gasteiger charge is 2.18. The van der Waals surface area contributed by atoms with Crippen molar-refractivity contribution in [3.63, 3.8) is 0 Å². The molecule has 1 aromatic heterocycles. The zero-order valence-electron chi connectivity index (χ0n) is 14.6. The zero-order valence-corrected chi connectivity index (χ0v) is 14.6. The van der Waals surface area contributed by atoms with Gasteiger partial charge < -0.3 is 5.32 Å². The minimum atomic E-state index is -0.510. The van der Waals surface area contributed by atoms with Crippen LogP contribution < -0.4 is 5.32 Å². The van der Waals surface area contributed by atoms with Gasteiger partial charge in [0.2, 0.25) is 0 Å². The smallest absolute Gasteiger partial charge is 0.274 e. The number of carbonyl (C=O) groups is 1. The molecule has 0 aliphatic rings. The first kappa shape index (κ1) is 18.2. The Morgan fingerprint density at radius 1 is 1.26 bits per heavy atom.